The van der Waals surface area contributed by atoms with Gasteiger partial charge in [0.25, 0.3) is 0 Å². The van der Waals surface area contributed by atoms with Crippen molar-refractivity contribution in [3.05, 3.63) is 22.6 Å². The lowest BCUT2D eigenvalue weighted by Gasteiger charge is -2.12. The summed E-state index contributed by atoms with van der Waals surface area (Å²) in [5.74, 6) is 0.968. The van der Waals surface area contributed by atoms with Crippen LogP contribution >= 0.6 is 15.9 Å². The highest BCUT2D eigenvalue weighted by atomic mass is 79.9. The van der Waals surface area contributed by atoms with Crippen molar-refractivity contribution in [3.8, 4) is 0 Å². The summed E-state index contributed by atoms with van der Waals surface area (Å²) in [6.45, 7) is 0.792. The number of rotatable bonds is 6. The van der Waals surface area contributed by atoms with E-state index in [1.807, 2.05) is 19.2 Å². The SMILES string of the molecule is CNC(CCCOC)c1ccc(Br)o1. The second kappa shape index (κ2) is 6.22. The van der Waals surface area contributed by atoms with Crippen molar-refractivity contribution in [3.63, 3.8) is 0 Å². The molecule has 0 saturated heterocycles. The van der Waals surface area contributed by atoms with Crippen molar-refractivity contribution in [2.45, 2.75) is 18.9 Å². The molecule has 0 spiro atoms. The third-order valence-corrected chi connectivity index (χ3v) is 2.55. The summed E-state index contributed by atoms with van der Waals surface area (Å²) in [6.07, 6.45) is 2.05. The van der Waals surface area contributed by atoms with Gasteiger partial charge < -0.3 is 14.5 Å². The number of halogens is 1. The van der Waals surface area contributed by atoms with E-state index < -0.39 is 0 Å². The molecular weight excluding hydrogens is 246 g/mol. The first-order chi connectivity index (χ1) is 6.77. The van der Waals surface area contributed by atoms with Gasteiger partial charge in [0.1, 0.15) is 5.76 Å². The van der Waals surface area contributed by atoms with Crippen molar-refractivity contribution in [1.29, 1.82) is 0 Å². The molecule has 80 valence electrons. The first-order valence-electron chi connectivity index (χ1n) is 4.69. The van der Waals surface area contributed by atoms with Crippen molar-refractivity contribution < 1.29 is 9.15 Å². The maximum Gasteiger partial charge on any atom is 0.169 e. The van der Waals surface area contributed by atoms with Crippen LogP contribution in [0.1, 0.15) is 24.6 Å². The van der Waals surface area contributed by atoms with Crippen LogP contribution in [-0.2, 0) is 4.74 Å². The van der Waals surface area contributed by atoms with Gasteiger partial charge in [-0.1, -0.05) is 0 Å². The van der Waals surface area contributed by atoms with E-state index in [4.69, 9.17) is 9.15 Å². The van der Waals surface area contributed by atoms with Crippen LogP contribution < -0.4 is 5.32 Å². The fraction of sp³-hybridized carbons (Fsp3) is 0.600. The van der Waals surface area contributed by atoms with Crippen LogP contribution in [-0.4, -0.2) is 20.8 Å². The van der Waals surface area contributed by atoms with Gasteiger partial charge >= 0.3 is 0 Å². The van der Waals surface area contributed by atoms with Crippen LogP contribution in [0.25, 0.3) is 0 Å². The van der Waals surface area contributed by atoms with E-state index in [9.17, 15) is 0 Å². The van der Waals surface area contributed by atoms with Crippen molar-refractivity contribution in [2.75, 3.05) is 20.8 Å². The zero-order valence-electron chi connectivity index (χ0n) is 8.55. The van der Waals surface area contributed by atoms with Crippen molar-refractivity contribution >= 4 is 15.9 Å². The zero-order chi connectivity index (χ0) is 10.4. The monoisotopic (exact) mass is 261 g/mol. The van der Waals surface area contributed by atoms with E-state index in [2.05, 4.69) is 21.2 Å². The molecule has 14 heavy (non-hydrogen) atoms. The van der Waals surface area contributed by atoms with Crippen LogP contribution in [0.5, 0.6) is 0 Å². The van der Waals surface area contributed by atoms with Crippen molar-refractivity contribution in [1.82, 2.24) is 5.32 Å². The Morgan fingerprint density at radius 1 is 1.57 bits per heavy atom. The largest absolute Gasteiger partial charge is 0.453 e. The Bertz CT molecular complexity index is 262. The summed E-state index contributed by atoms with van der Waals surface area (Å²) in [7, 11) is 3.66. The molecule has 1 unspecified atom stereocenters. The molecule has 1 atom stereocenters. The summed E-state index contributed by atoms with van der Waals surface area (Å²) >= 11 is 3.29. The zero-order valence-corrected chi connectivity index (χ0v) is 10.1. The van der Waals surface area contributed by atoms with Gasteiger partial charge in [-0.3, -0.25) is 0 Å². The fourth-order valence-electron chi connectivity index (χ4n) is 1.38. The number of hydrogen-bond donors (Lipinski definition) is 1. The van der Waals surface area contributed by atoms with E-state index in [-0.39, 0.29) is 6.04 Å². The Morgan fingerprint density at radius 3 is 2.86 bits per heavy atom. The molecule has 0 amide bonds. The molecule has 1 heterocycles. The molecule has 1 aromatic heterocycles. The summed E-state index contributed by atoms with van der Waals surface area (Å²) in [5.41, 5.74) is 0. The number of hydrogen-bond acceptors (Lipinski definition) is 3. The maximum atomic E-state index is 5.48. The Kier molecular flexibility index (Phi) is 5.22. The highest BCUT2D eigenvalue weighted by molar-refractivity contribution is 9.10. The quantitative estimate of drug-likeness (QED) is 0.800. The van der Waals surface area contributed by atoms with Gasteiger partial charge in [0, 0.05) is 13.7 Å². The highest BCUT2D eigenvalue weighted by Crippen LogP contribution is 2.23. The lowest BCUT2D eigenvalue weighted by molar-refractivity contribution is 0.187. The number of nitrogens with one attached hydrogen (secondary N) is 1. The molecule has 0 aromatic carbocycles. The van der Waals surface area contributed by atoms with Crippen LogP contribution in [0.4, 0.5) is 0 Å². The maximum absolute atomic E-state index is 5.48. The lowest BCUT2D eigenvalue weighted by atomic mass is 10.1. The molecular formula is C10H16BrNO2. The number of ether oxygens (including phenoxy) is 1. The predicted molar refractivity (Wildman–Crippen MR) is 59.3 cm³/mol. The molecule has 4 heteroatoms. The van der Waals surface area contributed by atoms with Gasteiger partial charge in [0.2, 0.25) is 0 Å². The highest BCUT2D eigenvalue weighted by Gasteiger charge is 2.12. The minimum absolute atomic E-state index is 0.274. The van der Waals surface area contributed by atoms with Gasteiger partial charge in [0.05, 0.1) is 6.04 Å². The van der Waals surface area contributed by atoms with Crippen LogP contribution in [0.2, 0.25) is 0 Å². The van der Waals surface area contributed by atoms with E-state index >= 15 is 0 Å². The molecule has 0 aliphatic carbocycles. The second-order valence-corrected chi connectivity index (χ2v) is 3.90. The third kappa shape index (κ3) is 3.44. The molecule has 0 aliphatic rings. The topological polar surface area (TPSA) is 34.4 Å². The third-order valence-electron chi connectivity index (χ3n) is 2.13. The number of methoxy groups -OCH3 is 1. The van der Waals surface area contributed by atoms with E-state index in [1.165, 1.54) is 0 Å². The van der Waals surface area contributed by atoms with E-state index in [1.54, 1.807) is 7.11 Å². The van der Waals surface area contributed by atoms with Gasteiger partial charge in [-0.25, -0.2) is 0 Å². The average molecular weight is 262 g/mol. The predicted octanol–water partition coefficient (Wildman–Crippen LogP) is 2.73. The molecule has 0 radical (unpaired) electrons. The second-order valence-electron chi connectivity index (χ2n) is 3.12. The van der Waals surface area contributed by atoms with Crippen molar-refractivity contribution in [2.24, 2.45) is 0 Å². The van der Waals surface area contributed by atoms with E-state index in [0.717, 1.165) is 29.9 Å². The molecule has 0 bridgehead atoms. The number of furan rings is 1. The summed E-state index contributed by atoms with van der Waals surface area (Å²) < 4.78 is 11.3. The Hall–Kier alpha value is -0.320. The van der Waals surface area contributed by atoms with E-state index in [0.29, 0.717) is 0 Å². The standard InChI is InChI=1S/C10H16BrNO2/c1-12-8(4-3-7-13-2)9-5-6-10(11)14-9/h5-6,8,12H,3-4,7H2,1-2H3. The molecule has 0 aliphatic heterocycles. The average Bonchev–Trinajstić information content (AvgIpc) is 2.60. The molecule has 0 fully saturated rings. The molecule has 3 nitrogen and oxygen atoms in total. The van der Waals surface area contributed by atoms with Gasteiger partial charge in [0.15, 0.2) is 4.67 Å². The fourth-order valence-corrected chi connectivity index (χ4v) is 1.70. The lowest BCUT2D eigenvalue weighted by Crippen LogP contribution is -2.16. The van der Waals surface area contributed by atoms with Gasteiger partial charge in [-0.15, -0.1) is 0 Å². The minimum Gasteiger partial charge on any atom is -0.453 e. The summed E-state index contributed by atoms with van der Waals surface area (Å²) in [6, 6.07) is 4.17. The Balaban J connectivity index is 2.45. The first-order valence-corrected chi connectivity index (χ1v) is 5.48. The van der Waals surface area contributed by atoms with Crippen LogP contribution in [0, 0.1) is 0 Å². The van der Waals surface area contributed by atoms with Gasteiger partial charge in [-0.05, 0) is 48.0 Å². The molecule has 1 rings (SSSR count). The van der Waals surface area contributed by atoms with Gasteiger partial charge in [-0.2, -0.15) is 0 Å². The first kappa shape index (κ1) is 11.8. The summed E-state index contributed by atoms with van der Waals surface area (Å²) in [5, 5.41) is 3.22. The smallest absolute Gasteiger partial charge is 0.169 e. The normalized spacial score (nSPS) is 13.1. The summed E-state index contributed by atoms with van der Waals surface area (Å²) in [4.78, 5) is 0. The molecule has 0 saturated carbocycles. The Morgan fingerprint density at radius 2 is 2.36 bits per heavy atom. The van der Waals surface area contributed by atoms with Crippen LogP contribution in [0.3, 0.4) is 0 Å². The van der Waals surface area contributed by atoms with Crippen LogP contribution in [0.15, 0.2) is 21.2 Å². The minimum atomic E-state index is 0.274. The molecule has 1 aromatic rings. The Labute approximate surface area is 92.9 Å². The molecule has 1 N–H and O–H groups in total.